The van der Waals surface area contributed by atoms with E-state index in [2.05, 4.69) is 0 Å². The summed E-state index contributed by atoms with van der Waals surface area (Å²) >= 11 is 3.54. The first-order valence-corrected chi connectivity index (χ1v) is 9.39. The Morgan fingerprint density at radius 1 is 0.682 bits per heavy atom. The second-order valence-electron chi connectivity index (χ2n) is 5.53. The molecule has 1 aliphatic carbocycles. The van der Waals surface area contributed by atoms with Gasteiger partial charge in [-0.1, -0.05) is 37.1 Å². The Labute approximate surface area is 140 Å². The van der Waals surface area contributed by atoms with Crippen LogP contribution in [0, 0.1) is 0 Å². The normalized spacial score (nSPS) is 21.6. The molecule has 2 N–H and O–H groups in total. The minimum atomic E-state index is 0.365. The third-order valence-corrected chi connectivity index (χ3v) is 7.03. The summed E-state index contributed by atoms with van der Waals surface area (Å²) in [5, 5.41) is 20.9. The topological polar surface area (TPSA) is 40.5 Å². The predicted molar refractivity (Wildman–Crippen MR) is 94.0 cm³/mol. The summed E-state index contributed by atoms with van der Waals surface area (Å²) in [6, 6.07) is 15.1. The van der Waals surface area contributed by atoms with E-state index in [0.29, 0.717) is 22.0 Å². The van der Waals surface area contributed by atoms with E-state index in [0.717, 1.165) is 22.6 Å². The fourth-order valence-electron chi connectivity index (χ4n) is 2.77. The van der Waals surface area contributed by atoms with Gasteiger partial charge in [0.25, 0.3) is 0 Å². The summed E-state index contributed by atoms with van der Waals surface area (Å²) in [5.74, 6) is 0.730. The highest BCUT2D eigenvalue weighted by Crippen LogP contribution is 2.45. The average molecular weight is 332 g/mol. The van der Waals surface area contributed by atoms with Crippen molar-refractivity contribution in [3.05, 3.63) is 48.5 Å². The molecule has 0 saturated heterocycles. The largest absolute Gasteiger partial charge is 0.507 e. The molecular formula is C18H20O2S2. The number of phenolic OH excluding ortho intramolecular Hbond substituents is 2. The fraction of sp³-hybridized carbons (Fsp3) is 0.333. The summed E-state index contributed by atoms with van der Waals surface area (Å²) in [6.07, 6.45) is 4.79. The van der Waals surface area contributed by atoms with Gasteiger partial charge in [-0.05, 0) is 37.1 Å². The first-order valence-electron chi connectivity index (χ1n) is 7.63. The monoisotopic (exact) mass is 332 g/mol. The molecule has 1 saturated carbocycles. The number of hydrogen-bond donors (Lipinski definition) is 2. The van der Waals surface area contributed by atoms with Crippen LogP contribution in [0.3, 0.4) is 0 Å². The van der Waals surface area contributed by atoms with E-state index in [1.54, 1.807) is 35.7 Å². The van der Waals surface area contributed by atoms with Crippen LogP contribution in [-0.4, -0.2) is 20.7 Å². The summed E-state index contributed by atoms with van der Waals surface area (Å²) in [5.41, 5.74) is 0. The highest BCUT2D eigenvalue weighted by molar-refractivity contribution is 8.04. The molecule has 2 aromatic carbocycles. The number of hydrogen-bond acceptors (Lipinski definition) is 4. The van der Waals surface area contributed by atoms with E-state index < -0.39 is 0 Å². The molecule has 1 aliphatic rings. The van der Waals surface area contributed by atoms with Crippen molar-refractivity contribution in [3.8, 4) is 11.5 Å². The van der Waals surface area contributed by atoms with Crippen molar-refractivity contribution in [3.63, 3.8) is 0 Å². The molecule has 0 unspecified atom stereocenters. The molecule has 3 rings (SSSR count). The SMILES string of the molecule is Oc1ccccc1S[C@H]1CCCC[C@@H]1Sc1ccccc1O. The molecule has 0 amide bonds. The number of phenols is 2. The highest BCUT2D eigenvalue weighted by Gasteiger charge is 2.28. The molecule has 0 radical (unpaired) electrons. The lowest BCUT2D eigenvalue weighted by Crippen LogP contribution is -2.24. The molecule has 2 aromatic rings. The summed E-state index contributed by atoms with van der Waals surface area (Å²) in [7, 11) is 0. The van der Waals surface area contributed by atoms with E-state index in [9.17, 15) is 10.2 Å². The third kappa shape index (κ3) is 3.73. The van der Waals surface area contributed by atoms with Gasteiger partial charge in [-0.3, -0.25) is 0 Å². The van der Waals surface area contributed by atoms with Gasteiger partial charge in [-0.2, -0.15) is 0 Å². The Morgan fingerprint density at radius 3 is 1.50 bits per heavy atom. The lowest BCUT2D eigenvalue weighted by atomic mass is 10.00. The molecule has 0 bridgehead atoms. The molecular weight excluding hydrogens is 312 g/mol. The Hall–Kier alpha value is -1.26. The standard InChI is InChI=1S/C18H20O2S2/c19-13-7-1-3-9-15(13)21-17-11-5-6-12-18(17)22-16-10-4-2-8-14(16)20/h1-4,7-10,17-20H,5-6,11-12H2/t17-,18-/m0/s1. The van der Waals surface area contributed by atoms with Crippen molar-refractivity contribution in [1.82, 2.24) is 0 Å². The lowest BCUT2D eigenvalue weighted by Gasteiger charge is -2.31. The number of aromatic hydroxyl groups is 2. The van der Waals surface area contributed by atoms with E-state index in [1.165, 1.54) is 12.8 Å². The second kappa shape index (κ2) is 7.34. The van der Waals surface area contributed by atoms with Crippen LogP contribution >= 0.6 is 23.5 Å². The Morgan fingerprint density at radius 2 is 1.09 bits per heavy atom. The molecule has 0 aliphatic heterocycles. The van der Waals surface area contributed by atoms with E-state index in [1.807, 2.05) is 36.4 Å². The lowest BCUT2D eigenvalue weighted by molar-refractivity contribution is 0.460. The molecule has 4 heteroatoms. The predicted octanol–water partition coefficient (Wildman–Crippen LogP) is 5.29. The molecule has 0 spiro atoms. The van der Waals surface area contributed by atoms with Gasteiger partial charge >= 0.3 is 0 Å². The van der Waals surface area contributed by atoms with Gasteiger partial charge in [0.05, 0.1) is 0 Å². The molecule has 2 nitrogen and oxygen atoms in total. The first-order chi connectivity index (χ1) is 10.7. The molecule has 1 fully saturated rings. The quantitative estimate of drug-likeness (QED) is 0.798. The Balaban J connectivity index is 1.74. The van der Waals surface area contributed by atoms with Gasteiger partial charge in [0.1, 0.15) is 11.5 Å². The van der Waals surface area contributed by atoms with Crippen LogP contribution in [0.1, 0.15) is 25.7 Å². The van der Waals surface area contributed by atoms with E-state index >= 15 is 0 Å². The van der Waals surface area contributed by atoms with Crippen molar-refractivity contribution in [2.45, 2.75) is 46.0 Å². The maximum absolute atomic E-state index is 9.99. The summed E-state index contributed by atoms with van der Waals surface area (Å²) < 4.78 is 0. The highest BCUT2D eigenvalue weighted by atomic mass is 32.2. The van der Waals surface area contributed by atoms with Crippen LogP contribution in [0.25, 0.3) is 0 Å². The molecule has 116 valence electrons. The Bertz CT molecular complexity index is 574. The van der Waals surface area contributed by atoms with Gasteiger partial charge in [0, 0.05) is 20.3 Å². The smallest absolute Gasteiger partial charge is 0.129 e. The van der Waals surface area contributed by atoms with Crippen LogP contribution in [-0.2, 0) is 0 Å². The van der Waals surface area contributed by atoms with Crippen molar-refractivity contribution in [1.29, 1.82) is 0 Å². The van der Waals surface area contributed by atoms with Gasteiger partial charge in [-0.25, -0.2) is 0 Å². The van der Waals surface area contributed by atoms with E-state index in [-0.39, 0.29) is 0 Å². The number of para-hydroxylation sites is 2. The van der Waals surface area contributed by atoms with Crippen LogP contribution in [0.15, 0.2) is 58.3 Å². The van der Waals surface area contributed by atoms with Crippen LogP contribution in [0.4, 0.5) is 0 Å². The Kier molecular flexibility index (Phi) is 5.21. The minimum Gasteiger partial charge on any atom is -0.507 e. The summed E-state index contributed by atoms with van der Waals surface area (Å²) in [4.78, 5) is 1.91. The zero-order valence-electron chi connectivity index (χ0n) is 12.3. The molecule has 22 heavy (non-hydrogen) atoms. The fourth-order valence-corrected chi connectivity index (χ4v) is 5.59. The van der Waals surface area contributed by atoms with Crippen LogP contribution in [0.2, 0.25) is 0 Å². The van der Waals surface area contributed by atoms with Gasteiger partial charge in [-0.15, -0.1) is 23.5 Å². The molecule has 0 aromatic heterocycles. The van der Waals surface area contributed by atoms with Crippen molar-refractivity contribution in [2.24, 2.45) is 0 Å². The zero-order chi connectivity index (χ0) is 15.4. The minimum absolute atomic E-state index is 0.365. The van der Waals surface area contributed by atoms with Crippen molar-refractivity contribution < 1.29 is 10.2 Å². The zero-order valence-corrected chi connectivity index (χ0v) is 13.9. The summed E-state index contributed by atoms with van der Waals surface area (Å²) in [6.45, 7) is 0. The number of rotatable bonds is 4. The first kappa shape index (κ1) is 15.6. The van der Waals surface area contributed by atoms with Crippen molar-refractivity contribution in [2.75, 3.05) is 0 Å². The average Bonchev–Trinajstić information content (AvgIpc) is 2.53. The van der Waals surface area contributed by atoms with Gasteiger partial charge in [0.2, 0.25) is 0 Å². The van der Waals surface area contributed by atoms with Crippen molar-refractivity contribution >= 4 is 23.5 Å². The second-order valence-corrected chi connectivity index (χ2v) is 8.09. The maximum Gasteiger partial charge on any atom is 0.129 e. The number of thioether (sulfide) groups is 2. The molecule has 2 atom stereocenters. The molecule has 0 heterocycles. The van der Waals surface area contributed by atoms with Gasteiger partial charge in [0.15, 0.2) is 0 Å². The van der Waals surface area contributed by atoms with Gasteiger partial charge < -0.3 is 10.2 Å². The third-order valence-electron chi connectivity index (χ3n) is 3.93. The van der Waals surface area contributed by atoms with E-state index in [4.69, 9.17) is 0 Å². The van der Waals surface area contributed by atoms with Crippen LogP contribution in [0.5, 0.6) is 11.5 Å². The maximum atomic E-state index is 9.99. The van der Waals surface area contributed by atoms with Crippen LogP contribution < -0.4 is 0 Å². The number of benzene rings is 2.